The molecule has 4 nitrogen and oxygen atoms in total. The fourth-order valence-electron chi connectivity index (χ4n) is 2.79. The number of hydrogen-bond donors (Lipinski definition) is 1. The molecular weight excluding hydrogens is 257 g/mol. The first-order chi connectivity index (χ1) is 9.54. The predicted octanol–water partition coefficient (Wildman–Crippen LogP) is 1.81. The van der Waals surface area contributed by atoms with Crippen LogP contribution in [0.1, 0.15) is 6.42 Å². The number of pyridine rings is 1. The topological polar surface area (TPSA) is 39.3 Å². The Bertz CT molecular complexity index is 695. The second kappa shape index (κ2) is 4.90. The van der Waals surface area contributed by atoms with Crippen molar-refractivity contribution < 1.29 is 4.39 Å². The van der Waals surface area contributed by atoms with Gasteiger partial charge in [-0.25, -0.2) is 4.39 Å². The summed E-state index contributed by atoms with van der Waals surface area (Å²) >= 11 is 0. The molecule has 2 aromatic rings. The van der Waals surface area contributed by atoms with E-state index in [1.807, 2.05) is 19.0 Å². The summed E-state index contributed by atoms with van der Waals surface area (Å²) in [6.07, 6.45) is 1.02. The van der Waals surface area contributed by atoms with Crippen LogP contribution < -0.4 is 10.5 Å². The summed E-state index contributed by atoms with van der Waals surface area (Å²) in [4.78, 5) is 18.3. The lowest BCUT2D eigenvalue weighted by atomic mass is 10.2. The van der Waals surface area contributed by atoms with Crippen LogP contribution in [-0.4, -0.2) is 43.1 Å². The molecule has 1 N–H and O–H groups in total. The van der Waals surface area contributed by atoms with E-state index in [9.17, 15) is 9.18 Å². The number of H-pyrrole nitrogens is 1. The number of fused-ring (bicyclic) bond motifs is 1. The number of nitrogens with one attached hydrogen (secondary N) is 1. The molecule has 1 aromatic heterocycles. The van der Waals surface area contributed by atoms with Gasteiger partial charge in [-0.15, -0.1) is 0 Å². The van der Waals surface area contributed by atoms with Gasteiger partial charge in [0.1, 0.15) is 5.82 Å². The van der Waals surface area contributed by atoms with Crippen LogP contribution in [0.4, 0.5) is 10.1 Å². The average Bonchev–Trinajstić information content (AvgIpc) is 2.88. The quantitative estimate of drug-likeness (QED) is 0.908. The minimum absolute atomic E-state index is 0.164. The molecule has 0 amide bonds. The van der Waals surface area contributed by atoms with E-state index >= 15 is 0 Å². The first kappa shape index (κ1) is 13.1. The van der Waals surface area contributed by atoms with Crippen LogP contribution in [0.15, 0.2) is 29.1 Å². The van der Waals surface area contributed by atoms with E-state index in [4.69, 9.17) is 0 Å². The Labute approximate surface area is 116 Å². The smallest absolute Gasteiger partial charge is 0.248 e. The van der Waals surface area contributed by atoms with Crippen LogP contribution in [0.2, 0.25) is 0 Å². The van der Waals surface area contributed by atoms with Crippen molar-refractivity contribution in [2.24, 2.45) is 0 Å². The van der Waals surface area contributed by atoms with E-state index < -0.39 is 0 Å². The van der Waals surface area contributed by atoms with Crippen LogP contribution in [0.5, 0.6) is 0 Å². The maximum absolute atomic E-state index is 14.3. The SMILES string of the molecule is CN(C)[C@H]1CCN(c2cc3[nH]c(=O)ccc3cc2F)C1. The van der Waals surface area contributed by atoms with Crippen molar-refractivity contribution >= 4 is 16.6 Å². The van der Waals surface area contributed by atoms with Crippen molar-refractivity contribution in [2.75, 3.05) is 32.1 Å². The molecule has 1 aliphatic rings. The molecule has 20 heavy (non-hydrogen) atoms. The van der Waals surface area contributed by atoms with Gasteiger partial charge in [0.25, 0.3) is 0 Å². The highest BCUT2D eigenvalue weighted by atomic mass is 19.1. The Morgan fingerprint density at radius 3 is 2.85 bits per heavy atom. The number of anilines is 1. The van der Waals surface area contributed by atoms with Gasteiger partial charge in [0.2, 0.25) is 5.56 Å². The van der Waals surface area contributed by atoms with Crippen molar-refractivity contribution in [3.63, 3.8) is 0 Å². The second-order valence-electron chi connectivity index (χ2n) is 5.57. The van der Waals surface area contributed by atoms with E-state index in [1.54, 1.807) is 12.1 Å². The third-order valence-electron chi connectivity index (χ3n) is 4.03. The third-order valence-corrected chi connectivity index (χ3v) is 4.03. The van der Waals surface area contributed by atoms with E-state index in [-0.39, 0.29) is 11.4 Å². The minimum Gasteiger partial charge on any atom is -0.367 e. The molecule has 0 saturated carbocycles. The summed E-state index contributed by atoms with van der Waals surface area (Å²) in [5.41, 5.74) is 1.09. The highest BCUT2D eigenvalue weighted by Gasteiger charge is 2.26. The van der Waals surface area contributed by atoms with Crippen molar-refractivity contribution in [3.8, 4) is 0 Å². The molecule has 106 valence electrons. The zero-order valence-electron chi connectivity index (χ0n) is 11.7. The molecule has 0 aliphatic carbocycles. The van der Waals surface area contributed by atoms with Crippen LogP contribution >= 0.6 is 0 Å². The number of hydrogen-bond acceptors (Lipinski definition) is 3. The number of benzene rings is 1. The maximum Gasteiger partial charge on any atom is 0.248 e. The fraction of sp³-hybridized carbons (Fsp3) is 0.400. The molecule has 1 saturated heterocycles. The zero-order valence-corrected chi connectivity index (χ0v) is 11.7. The highest BCUT2D eigenvalue weighted by molar-refractivity contribution is 5.82. The maximum atomic E-state index is 14.3. The minimum atomic E-state index is -0.232. The summed E-state index contributed by atoms with van der Waals surface area (Å²) in [5, 5.41) is 0.717. The van der Waals surface area contributed by atoms with Gasteiger partial charge < -0.3 is 14.8 Å². The molecule has 1 atom stereocenters. The zero-order chi connectivity index (χ0) is 14.3. The monoisotopic (exact) mass is 275 g/mol. The Hall–Kier alpha value is -1.88. The van der Waals surface area contributed by atoms with Gasteiger partial charge in [-0.05, 0) is 38.7 Å². The molecule has 1 aromatic carbocycles. The highest BCUT2D eigenvalue weighted by Crippen LogP contribution is 2.28. The van der Waals surface area contributed by atoms with E-state index in [0.717, 1.165) is 19.5 Å². The lowest BCUT2D eigenvalue weighted by Gasteiger charge is -2.22. The predicted molar refractivity (Wildman–Crippen MR) is 78.8 cm³/mol. The molecule has 1 fully saturated rings. The van der Waals surface area contributed by atoms with Crippen molar-refractivity contribution in [2.45, 2.75) is 12.5 Å². The van der Waals surface area contributed by atoms with Gasteiger partial charge in [0.05, 0.1) is 11.2 Å². The number of halogens is 1. The molecule has 5 heteroatoms. The Kier molecular flexibility index (Phi) is 3.22. The number of likely N-dealkylation sites (N-methyl/N-ethyl adjacent to an activating group) is 1. The van der Waals surface area contributed by atoms with E-state index in [1.165, 1.54) is 12.1 Å². The van der Waals surface area contributed by atoms with Gasteiger partial charge in [0, 0.05) is 30.6 Å². The average molecular weight is 275 g/mol. The lowest BCUT2D eigenvalue weighted by molar-refractivity contribution is 0.315. The van der Waals surface area contributed by atoms with Crippen LogP contribution in [0.3, 0.4) is 0 Å². The summed E-state index contributed by atoms with van der Waals surface area (Å²) < 4.78 is 14.3. The first-order valence-corrected chi connectivity index (χ1v) is 6.78. The molecule has 0 spiro atoms. The summed E-state index contributed by atoms with van der Waals surface area (Å²) in [5.74, 6) is -0.232. The summed E-state index contributed by atoms with van der Waals surface area (Å²) in [6, 6.07) is 6.74. The third kappa shape index (κ3) is 2.29. The van der Waals surface area contributed by atoms with E-state index in [0.29, 0.717) is 22.6 Å². The first-order valence-electron chi connectivity index (χ1n) is 6.78. The molecular formula is C15H18FN3O. The number of rotatable bonds is 2. The molecule has 1 aliphatic heterocycles. The molecule has 0 bridgehead atoms. The van der Waals surface area contributed by atoms with Crippen LogP contribution in [-0.2, 0) is 0 Å². The molecule has 3 rings (SSSR count). The van der Waals surface area contributed by atoms with Gasteiger partial charge in [-0.2, -0.15) is 0 Å². The second-order valence-corrected chi connectivity index (χ2v) is 5.57. The van der Waals surface area contributed by atoms with Crippen LogP contribution in [0.25, 0.3) is 10.9 Å². The van der Waals surface area contributed by atoms with Crippen molar-refractivity contribution in [1.29, 1.82) is 0 Å². The Balaban J connectivity index is 1.99. The van der Waals surface area contributed by atoms with Gasteiger partial charge >= 0.3 is 0 Å². The normalized spacial score (nSPS) is 19.2. The summed E-state index contributed by atoms with van der Waals surface area (Å²) in [6.45, 7) is 1.65. The van der Waals surface area contributed by atoms with Crippen LogP contribution in [0, 0.1) is 5.82 Å². The molecule has 0 unspecified atom stereocenters. The molecule has 2 heterocycles. The van der Waals surface area contributed by atoms with Gasteiger partial charge in [0.15, 0.2) is 0 Å². The largest absolute Gasteiger partial charge is 0.367 e. The Morgan fingerprint density at radius 1 is 1.35 bits per heavy atom. The Morgan fingerprint density at radius 2 is 2.15 bits per heavy atom. The van der Waals surface area contributed by atoms with Gasteiger partial charge in [-0.1, -0.05) is 0 Å². The fourth-order valence-corrected chi connectivity index (χ4v) is 2.79. The lowest BCUT2D eigenvalue weighted by Crippen LogP contribution is -2.31. The standard InChI is InChI=1S/C15H18FN3O/c1-18(2)11-5-6-19(9-11)14-8-13-10(7-12(14)16)3-4-15(20)17-13/h3-4,7-8,11H,5-6,9H2,1-2H3,(H,17,20)/t11-/m0/s1. The van der Waals surface area contributed by atoms with Gasteiger partial charge in [-0.3, -0.25) is 4.79 Å². The van der Waals surface area contributed by atoms with Crippen molar-refractivity contribution in [1.82, 2.24) is 9.88 Å². The summed E-state index contributed by atoms with van der Waals surface area (Å²) in [7, 11) is 4.09. The number of aromatic amines is 1. The van der Waals surface area contributed by atoms with Crippen molar-refractivity contribution in [3.05, 3.63) is 40.4 Å². The van der Waals surface area contributed by atoms with E-state index in [2.05, 4.69) is 9.88 Å². The number of nitrogens with zero attached hydrogens (tertiary/aromatic N) is 2. The number of aromatic nitrogens is 1. The molecule has 0 radical (unpaired) electrons.